The predicted octanol–water partition coefficient (Wildman–Crippen LogP) is 2.46. The van der Waals surface area contributed by atoms with Crippen molar-refractivity contribution in [1.29, 1.82) is 0 Å². The Hall–Kier alpha value is -1.31. The van der Waals surface area contributed by atoms with Crippen LogP contribution in [0.1, 0.15) is 31.1 Å². The molecule has 1 atom stereocenters. The van der Waals surface area contributed by atoms with Gasteiger partial charge in [-0.3, -0.25) is 0 Å². The Kier molecular flexibility index (Phi) is 4.09. The van der Waals surface area contributed by atoms with Crippen LogP contribution >= 0.6 is 15.9 Å². The summed E-state index contributed by atoms with van der Waals surface area (Å²) in [5.74, 6) is 0.815. The molecule has 0 radical (unpaired) electrons. The molecule has 0 saturated heterocycles. The van der Waals surface area contributed by atoms with Crippen molar-refractivity contribution in [2.45, 2.75) is 31.4 Å². The lowest BCUT2D eigenvalue weighted by Crippen LogP contribution is -2.27. The summed E-state index contributed by atoms with van der Waals surface area (Å²) in [5.41, 5.74) is 6.62. The number of hydrogen-bond acceptors (Lipinski definition) is 6. The van der Waals surface area contributed by atoms with Gasteiger partial charge in [0.05, 0.1) is 18.8 Å². The van der Waals surface area contributed by atoms with Crippen LogP contribution in [0.15, 0.2) is 27.3 Å². The van der Waals surface area contributed by atoms with Crippen molar-refractivity contribution in [3.63, 3.8) is 0 Å². The van der Waals surface area contributed by atoms with Crippen molar-refractivity contribution in [3.05, 3.63) is 28.6 Å². The minimum Gasteiger partial charge on any atom is -0.376 e. The van der Waals surface area contributed by atoms with E-state index in [9.17, 15) is 0 Å². The van der Waals surface area contributed by atoms with Crippen LogP contribution in [0, 0.1) is 0 Å². The van der Waals surface area contributed by atoms with Gasteiger partial charge in [-0.1, -0.05) is 5.16 Å². The number of nitrogens with two attached hydrogens (primary N) is 1. The number of nitrogens with zero attached hydrogens (tertiary/aromatic N) is 3. The molecule has 0 amide bonds. The van der Waals surface area contributed by atoms with E-state index in [1.807, 2.05) is 6.07 Å². The predicted molar refractivity (Wildman–Crippen MR) is 75.7 cm³/mol. The quantitative estimate of drug-likeness (QED) is 0.900. The standard InChI is InChI=1S/C13H15BrN4O2/c14-8-4-5-11(16-6-8)13-17-12(18-20-13)10(15)7-19-9-2-1-3-9/h4-6,9-10H,1-3,7,15H2. The average Bonchev–Trinajstić information content (AvgIpc) is 2.87. The van der Waals surface area contributed by atoms with Crippen LogP contribution < -0.4 is 5.73 Å². The van der Waals surface area contributed by atoms with E-state index in [-0.39, 0.29) is 6.04 Å². The first-order valence-electron chi connectivity index (χ1n) is 6.55. The molecule has 2 aromatic heterocycles. The lowest BCUT2D eigenvalue weighted by molar-refractivity contribution is -0.00549. The summed E-state index contributed by atoms with van der Waals surface area (Å²) in [6, 6.07) is 3.30. The zero-order valence-corrected chi connectivity index (χ0v) is 12.4. The first-order chi connectivity index (χ1) is 9.72. The first-order valence-corrected chi connectivity index (χ1v) is 7.34. The molecule has 1 saturated carbocycles. The fraction of sp³-hybridized carbons (Fsp3) is 0.462. The topological polar surface area (TPSA) is 87.1 Å². The van der Waals surface area contributed by atoms with Gasteiger partial charge in [-0.05, 0) is 47.3 Å². The zero-order chi connectivity index (χ0) is 13.9. The lowest BCUT2D eigenvalue weighted by Gasteiger charge is -2.26. The van der Waals surface area contributed by atoms with Gasteiger partial charge in [0.15, 0.2) is 5.82 Å². The molecule has 7 heteroatoms. The molecule has 0 bridgehead atoms. The molecule has 20 heavy (non-hydrogen) atoms. The summed E-state index contributed by atoms with van der Waals surface area (Å²) in [6.07, 6.45) is 5.50. The number of pyridine rings is 1. The molecule has 0 aliphatic heterocycles. The molecule has 0 aromatic carbocycles. The molecule has 1 aliphatic rings. The highest BCUT2D eigenvalue weighted by Crippen LogP contribution is 2.23. The van der Waals surface area contributed by atoms with E-state index in [1.165, 1.54) is 6.42 Å². The van der Waals surface area contributed by atoms with Crippen molar-refractivity contribution in [2.24, 2.45) is 5.73 Å². The van der Waals surface area contributed by atoms with Crippen molar-refractivity contribution >= 4 is 15.9 Å². The van der Waals surface area contributed by atoms with Gasteiger partial charge in [0, 0.05) is 10.7 Å². The Morgan fingerprint density at radius 3 is 2.95 bits per heavy atom. The Labute approximate surface area is 124 Å². The zero-order valence-electron chi connectivity index (χ0n) is 10.8. The summed E-state index contributed by atoms with van der Waals surface area (Å²) in [4.78, 5) is 8.47. The number of hydrogen-bond donors (Lipinski definition) is 1. The van der Waals surface area contributed by atoms with Gasteiger partial charge in [-0.25, -0.2) is 4.98 Å². The molecule has 2 N–H and O–H groups in total. The Balaban J connectivity index is 1.64. The molecule has 1 aliphatic carbocycles. The fourth-order valence-corrected chi connectivity index (χ4v) is 2.08. The summed E-state index contributed by atoms with van der Waals surface area (Å²) < 4.78 is 11.7. The molecular weight excluding hydrogens is 324 g/mol. The summed E-state index contributed by atoms with van der Waals surface area (Å²) in [5, 5.41) is 3.89. The minimum absolute atomic E-state index is 0.348. The molecular formula is C13H15BrN4O2. The van der Waals surface area contributed by atoms with Crippen molar-refractivity contribution < 1.29 is 9.26 Å². The van der Waals surface area contributed by atoms with Crippen LogP contribution in [0.5, 0.6) is 0 Å². The van der Waals surface area contributed by atoms with Crippen LogP contribution in [0.3, 0.4) is 0 Å². The number of halogens is 1. The van der Waals surface area contributed by atoms with Gasteiger partial charge in [0.25, 0.3) is 5.89 Å². The van der Waals surface area contributed by atoms with Crippen molar-refractivity contribution in [3.8, 4) is 11.6 Å². The fourth-order valence-electron chi connectivity index (χ4n) is 1.84. The summed E-state index contributed by atoms with van der Waals surface area (Å²) >= 11 is 3.33. The molecule has 1 unspecified atom stereocenters. The van der Waals surface area contributed by atoms with Gasteiger partial charge in [-0.15, -0.1) is 0 Å². The maximum Gasteiger partial charge on any atom is 0.276 e. The summed E-state index contributed by atoms with van der Waals surface area (Å²) in [7, 11) is 0. The van der Waals surface area contributed by atoms with Crippen LogP contribution in [0.25, 0.3) is 11.6 Å². The van der Waals surface area contributed by atoms with Crippen molar-refractivity contribution in [2.75, 3.05) is 6.61 Å². The molecule has 106 valence electrons. The van der Waals surface area contributed by atoms with E-state index >= 15 is 0 Å². The van der Waals surface area contributed by atoms with Gasteiger partial charge in [0.2, 0.25) is 0 Å². The smallest absolute Gasteiger partial charge is 0.276 e. The van der Waals surface area contributed by atoms with Gasteiger partial charge < -0.3 is 15.0 Å². The van der Waals surface area contributed by atoms with Crippen LogP contribution in [0.2, 0.25) is 0 Å². The maximum atomic E-state index is 6.00. The van der Waals surface area contributed by atoms with Gasteiger partial charge in [0.1, 0.15) is 5.69 Å². The number of aromatic nitrogens is 3. The minimum atomic E-state index is -0.372. The molecule has 0 spiro atoms. The third-order valence-electron chi connectivity index (χ3n) is 3.28. The van der Waals surface area contributed by atoms with E-state index in [4.69, 9.17) is 15.0 Å². The van der Waals surface area contributed by atoms with Crippen LogP contribution in [-0.2, 0) is 4.74 Å². The molecule has 6 nitrogen and oxygen atoms in total. The normalized spacial score (nSPS) is 16.9. The molecule has 2 heterocycles. The highest BCUT2D eigenvalue weighted by Gasteiger charge is 2.21. The van der Waals surface area contributed by atoms with Crippen LogP contribution in [-0.4, -0.2) is 27.8 Å². The number of ether oxygens (including phenoxy) is 1. The van der Waals surface area contributed by atoms with Gasteiger partial charge in [-0.2, -0.15) is 4.98 Å². The lowest BCUT2D eigenvalue weighted by atomic mass is 9.96. The SMILES string of the molecule is NC(COC1CCC1)c1noc(-c2ccc(Br)cn2)n1. The summed E-state index contributed by atoms with van der Waals surface area (Å²) in [6.45, 7) is 0.414. The van der Waals surface area contributed by atoms with Crippen LogP contribution in [0.4, 0.5) is 0 Å². The third kappa shape index (κ3) is 3.05. The second-order valence-corrected chi connectivity index (χ2v) is 5.73. The average molecular weight is 339 g/mol. The van der Waals surface area contributed by atoms with Gasteiger partial charge >= 0.3 is 0 Å². The molecule has 1 fully saturated rings. The van der Waals surface area contributed by atoms with E-state index < -0.39 is 0 Å². The third-order valence-corrected chi connectivity index (χ3v) is 3.75. The highest BCUT2D eigenvalue weighted by molar-refractivity contribution is 9.10. The molecule has 2 aromatic rings. The first kappa shape index (κ1) is 13.7. The Morgan fingerprint density at radius 2 is 2.30 bits per heavy atom. The largest absolute Gasteiger partial charge is 0.376 e. The monoisotopic (exact) mass is 338 g/mol. The molecule has 3 rings (SSSR count). The van der Waals surface area contributed by atoms with E-state index in [0.717, 1.165) is 17.3 Å². The Morgan fingerprint density at radius 1 is 1.45 bits per heavy atom. The second-order valence-electron chi connectivity index (χ2n) is 4.81. The maximum absolute atomic E-state index is 6.00. The van der Waals surface area contributed by atoms with E-state index in [1.54, 1.807) is 12.3 Å². The highest BCUT2D eigenvalue weighted by atomic mass is 79.9. The van der Waals surface area contributed by atoms with E-state index in [0.29, 0.717) is 30.1 Å². The van der Waals surface area contributed by atoms with E-state index in [2.05, 4.69) is 31.1 Å². The Bertz CT molecular complexity index is 568. The van der Waals surface area contributed by atoms with Crippen molar-refractivity contribution in [1.82, 2.24) is 15.1 Å². The number of rotatable bonds is 5. The second kappa shape index (κ2) is 5.99.